The smallest absolute Gasteiger partial charge is 0.359 e. The van der Waals surface area contributed by atoms with Crippen LogP contribution in [0, 0.1) is 17.3 Å². The molecule has 214 valence electrons. The van der Waals surface area contributed by atoms with Crippen molar-refractivity contribution in [2.45, 2.75) is 50.2 Å². The van der Waals surface area contributed by atoms with Gasteiger partial charge in [0.1, 0.15) is 5.54 Å². The predicted octanol–water partition coefficient (Wildman–Crippen LogP) is 6.16. The quantitative estimate of drug-likeness (QED) is 0.335. The summed E-state index contributed by atoms with van der Waals surface area (Å²) in [5.41, 5.74) is -3.55. The van der Waals surface area contributed by atoms with E-state index in [1.807, 2.05) is 0 Å². The first-order valence-corrected chi connectivity index (χ1v) is 13.5. The molecule has 2 aromatic carbocycles. The Morgan fingerprint density at radius 1 is 1.18 bits per heavy atom. The number of methoxy groups -OCH3 is 1. The molecule has 3 saturated heterocycles. The second kappa shape index (κ2) is 9.01. The fraction of sp³-hybridized carbons (Fsp3) is 0.481. The van der Waals surface area contributed by atoms with E-state index in [0.717, 1.165) is 23.1 Å². The molecule has 4 aliphatic heterocycles. The molecule has 1 N–H and O–H groups in total. The summed E-state index contributed by atoms with van der Waals surface area (Å²) < 4.78 is 74.9. The van der Waals surface area contributed by atoms with Crippen LogP contribution < -0.4 is 10.2 Å². The molecular weight excluding hydrogens is 580 g/mol. The van der Waals surface area contributed by atoms with Gasteiger partial charge >= 0.3 is 6.18 Å². The first kappa shape index (κ1) is 27.7. The zero-order chi connectivity index (χ0) is 28.9. The number of carbonyl (C=O) groups is 2. The lowest BCUT2D eigenvalue weighted by Crippen LogP contribution is -2.62. The average Bonchev–Trinajstić information content (AvgIpc) is 3.58. The second-order valence-electron chi connectivity index (χ2n) is 10.7. The standard InChI is InChI=1S/C27H24Cl2F5N3O3/c1-3-25-19(22(38)37(24(25)39)15-6-4-5-13(8-15)27(32,33)34)18-7-12(21(30)31)11-36(18)26(25)16-9-14(28)10-17(29)20(16)35-23(26)40-2/h4-6,8-10,12,18-19,21,23,35H,3,7,11H2,1-2H3. The molecule has 0 aliphatic carbocycles. The third-order valence-corrected chi connectivity index (χ3v) is 9.71. The lowest BCUT2D eigenvalue weighted by atomic mass is 9.60. The largest absolute Gasteiger partial charge is 0.416 e. The first-order valence-electron chi connectivity index (χ1n) is 12.7. The van der Waals surface area contributed by atoms with E-state index in [1.54, 1.807) is 17.9 Å². The van der Waals surface area contributed by atoms with Crippen LogP contribution in [0.2, 0.25) is 10.0 Å². The summed E-state index contributed by atoms with van der Waals surface area (Å²) in [6, 6.07) is 6.26. The average molecular weight is 604 g/mol. The fourth-order valence-electron chi connectivity index (χ4n) is 7.85. The molecule has 4 heterocycles. The van der Waals surface area contributed by atoms with Gasteiger partial charge in [0.15, 0.2) is 6.23 Å². The molecule has 2 aromatic rings. The van der Waals surface area contributed by atoms with Gasteiger partial charge in [-0.05, 0) is 43.2 Å². The van der Waals surface area contributed by atoms with Gasteiger partial charge in [-0.15, -0.1) is 0 Å². The van der Waals surface area contributed by atoms with E-state index in [1.165, 1.54) is 19.2 Å². The van der Waals surface area contributed by atoms with Gasteiger partial charge in [-0.2, -0.15) is 13.2 Å². The molecule has 13 heteroatoms. The number of ether oxygens (including phenoxy) is 1. The SMILES string of the molecule is CCC12C(=O)N(c3cccc(C(F)(F)F)c3)C(=O)C1C1CC(C(F)F)CN1C21c2cc(Cl)cc(Cl)c2NC1OC. The summed E-state index contributed by atoms with van der Waals surface area (Å²) in [6.07, 6.45) is -8.43. The molecule has 2 amide bonds. The van der Waals surface area contributed by atoms with E-state index in [9.17, 15) is 31.5 Å². The summed E-state index contributed by atoms with van der Waals surface area (Å²) in [5, 5.41) is 3.62. The maximum absolute atomic E-state index is 14.7. The Balaban J connectivity index is 1.63. The van der Waals surface area contributed by atoms with Crippen molar-refractivity contribution in [3.05, 3.63) is 57.6 Å². The first-order chi connectivity index (χ1) is 18.8. The van der Waals surface area contributed by atoms with E-state index in [2.05, 4.69) is 5.32 Å². The highest BCUT2D eigenvalue weighted by atomic mass is 35.5. The minimum Gasteiger partial charge on any atom is -0.359 e. The van der Waals surface area contributed by atoms with Crippen molar-refractivity contribution in [3.8, 4) is 0 Å². The Hall–Kier alpha value is -2.47. The summed E-state index contributed by atoms with van der Waals surface area (Å²) in [5.74, 6) is -3.69. The van der Waals surface area contributed by atoms with Crippen LogP contribution in [0.3, 0.4) is 0 Å². The highest BCUT2D eigenvalue weighted by molar-refractivity contribution is 6.37. The molecule has 0 radical (unpaired) electrons. The number of nitrogens with one attached hydrogen (secondary N) is 1. The number of rotatable bonds is 4. The lowest BCUT2D eigenvalue weighted by molar-refractivity contribution is -0.142. The number of imide groups is 1. The number of hydrogen-bond donors (Lipinski definition) is 1. The minimum atomic E-state index is -4.71. The number of carbonyl (C=O) groups excluding carboxylic acids is 2. The van der Waals surface area contributed by atoms with Crippen LogP contribution in [0.4, 0.5) is 33.3 Å². The third-order valence-electron chi connectivity index (χ3n) is 9.20. The van der Waals surface area contributed by atoms with Crippen LogP contribution in [-0.4, -0.2) is 49.1 Å². The zero-order valence-electron chi connectivity index (χ0n) is 21.2. The van der Waals surface area contributed by atoms with E-state index in [-0.39, 0.29) is 35.1 Å². The van der Waals surface area contributed by atoms with Crippen molar-refractivity contribution in [2.75, 3.05) is 23.9 Å². The molecule has 6 nitrogen and oxygen atoms in total. The highest BCUT2D eigenvalue weighted by Gasteiger charge is 2.82. The van der Waals surface area contributed by atoms with Crippen LogP contribution in [-0.2, 0) is 26.0 Å². The summed E-state index contributed by atoms with van der Waals surface area (Å²) in [7, 11) is 1.39. The molecule has 4 aliphatic rings. The van der Waals surface area contributed by atoms with Crippen molar-refractivity contribution >= 4 is 46.4 Å². The van der Waals surface area contributed by atoms with E-state index in [4.69, 9.17) is 27.9 Å². The Labute approximate surface area is 236 Å². The van der Waals surface area contributed by atoms with Crippen LogP contribution in [0.5, 0.6) is 0 Å². The number of amides is 2. The lowest BCUT2D eigenvalue weighted by Gasteiger charge is -2.48. The van der Waals surface area contributed by atoms with Crippen molar-refractivity contribution in [3.63, 3.8) is 0 Å². The molecule has 40 heavy (non-hydrogen) atoms. The molecule has 6 rings (SSSR count). The van der Waals surface area contributed by atoms with Gasteiger partial charge in [-0.1, -0.05) is 36.2 Å². The van der Waals surface area contributed by atoms with Crippen LogP contribution in [0.15, 0.2) is 36.4 Å². The molecule has 1 spiro atoms. The van der Waals surface area contributed by atoms with Gasteiger partial charge in [-0.3, -0.25) is 14.5 Å². The Kier molecular flexibility index (Phi) is 6.24. The third kappa shape index (κ3) is 3.29. The van der Waals surface area contributed by atoms with Crippen molar-refractivity contribution in [1.82, 2.24) is 4.90 Å². The maximum Gasteiger partial charge on any atom is 0.416 e. The number of benzene rings is 2. The number of nitrogens with zero attached hydrogens (tertiary/aromatic N) is 2. The molecule has 3 fully saturated rings. The van der Waals surface area contributed by atoms with E-state index >= 15 is 0 Å². The zero-order valence-corrected chi connectivity index (χ0v) is 22.7. The number of hydrogen-bond acceptors (Lipinski definition) is 5. The molecular formula is C27H24Cl2F5N3O3. The molecule has 6 atom stereocenters. The number of halogens is 7. The number of anilines is 2. The molecule has 0 bridgehead atoms. The van der Waals surface area contributed by atoms with Crippen LogP contribution in [0.1, 0.15) is 30.9 Å². The summed E-state index contributed by atoms with van der Waals surface area (Å²) in [6.45, 7) is 1.58. The van der Waals surface area contributed by atoms with E-state index in [0.29, 0.717) is 11.3 Å². The van der Waals surface area contributed by atoms with Gasteiger partial charge in [0.2, 0.25) is 18.2 Å². The topological polar surface area (TPSA) is 61.9 Å². The van der Waals surface area contributed by atoms with Gasteiger partial charge in [0, 0.05) is 36.2 Å². The molecule has 6 unspecified atom stereocenters. The maximum atomic E-state index is 14.7. The van der Waals surface area contributed by atoms with E-state index < -0.39 is 65.0 Å². The van der Waals surface area contributed by atoms with Gasteiger partial charge in [0.25, 0.3) is 0 Å². The van der Waals surface area contributed by atoms with Gasteiger partial charge < -0.3 is 10.1 Å². The number of alkyl halides is 5. The molecule has 0 saturated carbocycles. The van der Waals surface area contributed by atoms with Crippen molar-refractivity contribution < 1.29 is 36.3 Å². The van der Waals surface area contributed by atoms with Crippen LogP contribution >= 0.6 is 23.2 Å². The van der Waals surface area contributed by atoms with Crippen LogP contribution in [0.25, 0.3) is 0 Å². The van der Waals surface area contributed by atoms with Gasteiger partial charge in [0.05, 0.1) is 33.3 Å². The fourth-order valence-corrected chi connectivity index (χ4v) is 8.40. The van der Waals surface area contributed by atoms with Crippen molar-refractivity contribution in [2.24, 2.45) is 17.3 Å². The number of fused-ring (bicyclic) bond motifs is 7. The molecule has 0 aromatic heterocycles. The van der Waals surface area contributed by atoms with Gasteiger partial charge in [-0.25, -0.2) is 13.7 Å². The predicted molar refractivity (Wildman–Crippen MR) is 137 cm³/mol. The monoisotopic (exact) mass is 603 g/mol. The Morgan fingerprint density at radius 2 is 1.90 bits per heavy atom. The highest BCUT2D eigenvalue weighted by Crippen LogP contribution is 2.71. The van der Waals surface area contributed by atoms with Crippen molar-refractivity contribution in [1.29, 1.82) is 0 Å². The summed E-state index contributed by atoms with van der Waals surface area (Å²) >= 11 is 13.0. The minimum absolute atomic E-state index is 0.0646. The second-order valence-corrected chi connectivity index (χ2v) is 11.6. The summed E-state index contributed by atoms with van der Waals surface area (Å²) in [4.78, 5) is 31.4. The Morgan fingerprint density at radius 3 is 2.52 bits per heavy atom. The Bertz CT molecular complexity index is 1420. The normalized spacial score (nSPS) is 33.2.